The smallest absolute Gasteiger partial charge is 0.222 e. The fraction of sp³-hybridized carbons (Fsp3) is 0.857. The Morgan fingerprint density at radius 3 is 2.10 bits per heavy atom. The lowest BCUT2D eigenvalue weighted by atomic mass is 9.83. The lowest BCUT2D eigenvalue weighted by molar-refractivity contribution is -0.121. The molecule has 3 nitrogen and oxygen atoms in total. The normalized spacial score (nSPS) is 37.8. The Labute approximate surface area is 60.4 Å². The zero-order chi connectivity index (χ0) is 7.99. The van der Waals surface area contributed by atoms with E-state index in [-0.39, 0.29) is 11.3 Å². The maximum absolute atomic E-state index is 10.8. The van der Waals surface area contributed by atoms with Crippen LogP contribution in [0.5, 0.6) is 0 Å². The highest BCUT2D eigenvalue weighted by atomic mass is 16.3. The molecule has 0 aromatic heterocycles. The van der Waals surface area contributed by atoms with Crippen molar-refractivity contribution < 1.29 is 9.90 Å². The van der Waals surface area contributed by atoms with Gasteiger partial charge in [0.1, 0.15) is 5.72 Å². The number of amides is 1. The third-order valence-electron chi connectivity index (χ3n) is 2.30. The molecule has 0 aromatic rings. The third-order valence-corrected chi connectivity index (χ3v) is 2.30. The molecule has 1 saturated heterocycles. The molecule has 0 unspecified atom stereocenters. The molecular formula is C7H13NO2. The monoisotopic (exact) mass is 143 g/mol. The molecule has 1 amide bonds. The van der Waals surface area contributed by atoms with E-state index in [2.05, 4.69) is 5.32 Å². The predicted octanol–water partition coefficient (Wildman–Crippen LogP) is 0.241. The first-order chi connectivity index (χ1) is 4.35. The minimum absolute atomic E-state index is 0.0741. The van der Waals surface area contributed by atoms with Crippen LogP contribution in [0, 0.1) is 5.41 Å². The van der Waals surface area contributed by atoms with Gasteiger partial charge in [-0.05, 0) is 6.92 Å². The lowest BCUT2D eigenvalue weighted by Crippen LogP contribution is -2.46. The van der Waals surface area contributed by atoms with Crippen molar-refractivity contribution in [3.8, 4) is 0 Å². The minimum Gasteiger partial charge on any atom is -0.371 e. The topological polar surface area (TPSA) is 49.3 Å². The Morgan fingerprint density at radius 1 is 1.50 bits per heavy atom. The highest BCUT2D eigenvalue weighted by molar-refractivity contribution is 5.80. The number of rotatable bonds is 0. The molecule has 3 heteroatoms. The van der Waals surface area contributed by atoms with E-state index in [1.165, 1.54) is 0 Å². The summed E-state index contributed by atoms with van der Waals surface area (Å²) < 4.78 is 0. The van der Waals surface area contributed by atoms with Crippen LogP contribution < -0.4 is 5.32 Å². The van der Waals surface area contributed by atoms with E-state index in [1.54, 1.807) is 6.92 Å². The summed E-state index contributed by atoms with van der Waals surface area (Å²) in [5.74, 6) is -0.0741. The summed E-state index contributed by atoms with van der Waals surface area (Å²) in [6.07, 6.45) is 0.403. The van der Waals surface area contributed by atoms with Crippen LogP contribution in [0.1, 0.15) is 27.2 Å². The van der Waals surface area contributed by atoms with Gasteiger partial charge in [-0.3, -0.25) is 4.79 Å². The van der Waals surface area contributed by atoms with E-state index in [4.69, 9.17) is 0 Å². The van der Waals surface area contributed by atoms with Crippen molar-refractivity contribution in [2.75, 3.05) is 0 Å². The molecule has 1 fully saturated rings. The summed E-state index contributed by atoms with van der Waals surface area (Å²) in [5, 5.41) is 12.1. The fourth-order valence-electron chi connectivity index (χ4n) is 1.06. The average molecular weight is 143 g/mol. The molecule has 0 saturated carbocycles. The highest BCUT2D eigenvalue weighted by Crippen LogP contribution is 2.36. The molecule has 58 valence electrons. The quantitative estimate of drug-likeness (QED) is 0.510. The van der Waals surface area contributed by atoms with Crippen molar-refractivity contribution in [1.82, 2.24) is 5.32 Å². The van der Waals surface area contributed by atoms with Crippen LogP contribution in [0.25, 0.3) is 0 Å². The molecular weight excluding hydrogens is 130 g/mol. The average Bonchev–Trinajstić information content (AvgIpc) is 1.73. The Kier molecular flexibility index (Phi) is 1.30. The number of hydrogen-bond acceptors (Lipinski definition) is 2. The highest BCUT2D eigenvalue weighted by Gasteiger charge is 2.47. The van der Waals surface area contributed by atoms with E-state index in [0.29, 0.717) is 6.42 Å². The maximum atomic E-state index is 10.8. The number of carbonyl (C=O) groups excluding carboxylic acids is 1. The van der Waals surface area contributed by atoms with Crippen LogP contribution >= 0.6 is 0 Å². The standard InChI is InChI=1S/C7H13NO2/c1-6(2)4-5(9)8-7(6,3)10/h10H,4H2,1-3H3,(H,8,9)/t7-/m0/s1. The Balaban J connectivity index is 2.88. The summed E-state index contributed by atoms with van der Waals surface area (Å²) in [6, 6.07) is 0. The van der Waals surface area contributed by atoms with Crippen molar-refractivity contribution in [3.63, 3.8) is 0 Å². The van der Waals surface area contributed by atoms with Gasteiger partial charge in [-0.2, -0.15) is 0 Å². The molecule has 1 atom stereocenters. The molecule has 0 spiro atoms. The van der Waals surface area contributed by atoms with E-state index in [9.17, 15) is 9.90 Å². The molecule has 1 aliphatic rings. The van der Waals surface area contributed by atoms with Crippen LogP contribution in [-0.2, 0) is 4.79 Å². The summed E-state index contributed by atoms with van der Waals surface area (Å²) >= 11 is 0. The fourth-order valence-corrected chi connectivity index (χ4v) is 1.06. The Bertz CT molecular complexity index is 154. The van der Waals surface area contributed by atoms with E-state index in [0.717, 1.165) is 0 Å². The number of carbonyl (C=O) groups is 1. The van der Waals surface area contributed by atoms with Crippen molar-refractivity contribution >= 4 is 5.91 Å². The van der Waals surface area contributed by atoms with Crippen molar-refractivity contribution in [2.24, 2.45) is 5.41 Å². The molecule has 2 N–H and O–H groups in total. The summed E-state index contributed by atoms with van der Waals surface area (Å²) in [7, 11) is 0. The van der Waals surface area contributed by atoms with Gasteiger partial charge in [-0.1, -0.05) is 13.8 Å². The molecule has 10 heavy (non-hydrogen) atoms. The van der Waals surface area contributed by atoms with Gasteiger partial charge in [0, 0.05) is 11.8 Å². The van der Waals surface area contributed by atoms with Crippen molar-refractivity contribution in [3.05, 3.63) is 0 Å². The van der Waals surface area contributed by atoms with Gasteiger partial charge in [-0.25, -0.2) is 0 Å². The van der Waals surface area contributed by atoms with Crippen LogP contribution in [0.4, 0.5) is 0 Å². The predicted molar refractivity (Wildman–Crippen MR) is 37.2 cm³/mol. The summed E-state index contributed by atoms with van der Waals surface area (Å²) in [4.78, 5) is 10.8. The van der Waals surface area contributed by atoms with Gasteiger partial charge in [0.2, 0.25) is 5.91 Å². The molecule has 1 heterocycles. The summed E-state index contributed by atoms with van der Waals surface area (Å²) in [5.41, 5.74) is -1.38. The second-order valence-electron chi connectivity index (χ2n) is 3.68. The molecule has 0 aromatic carbocycles. The van der Waals surface area contributed by atoms with E-state index >= 15 is 0 Å². The first-order valence-electron chi connectivity index (χ1n) is 3.38. The number of nitrogens with one attached hydrogen (secondary N) is 1. The van der Waals surface area contributed by atoms with Gasteiger partial charge in [0.25, 0.3) is 0 Å². The zero-order valence-corrected chi connectivity index (χ0v) is 6.56. The van der Waals surface area contributed by atoms with Crippen LogP contribution in [0.15, 0.2) is 0 Å². The first kappa shape index (κ1) is 7.54. The van der Waals surface area contributed by atoms with Crippen LogP contribution in [0.2, 0.25) is 0 Å². The number of aliphatic hydroxyl groups is 1. The molecule has 0 radical (unpaired) electrons. The van der Waals surface area contributed by atoms with Gasteiger partial charge in [0.05, 0.1) is 0 Å². The van der Waals surface area contributed by atoms with Crippen molar-refractivity contribution in [1.29, 1.82) is 0 Å². The zero-order valence-electron chi connectivity index (χ0n) is 6.56. The van der Waals surface area contributed by atoms with Gasteiger partial charge in [0.15, 0.2) is 0 Å². The van der Waals surface area contributed by atoms with Gasteiger partial charge < -0.3 is 10.4 Å². The summed E-state index contributed by atoms with van der Waals surface area (Å²) in [6.45, 7) is 5.35. The van der Waals surface area contributed by atoms with Crippen LogP contribution in [-0.4, -0.2) is 16.7 Å². The largest absolute Gasteiger partial charge is 0.371 e. The van der Waals surface area contributed by atoms with Crippen LogP contribution in [0.3, 0.4) is 0 Å². The minimum atomic E-state index is -1.04. The second kappa shape index (κ2) is 1.72. The molecule has 1 rings (SSSR count). The SMILES string of the molecule is CC1(C)CC(=O)N[C@@]1(C)O. The molecule has 0 bridgehead atoms. The lowest BCUT2D eigenvalue weighted by Gasteiger charge is -2.31. The molecule has 0 aliphatic carbocycles. The van der Waals surface area contributed by atoms with E-state index < -0.39 is 5.72 Å². The Morgan fingerprint density at radius 2 is 2.00 bits per heavy atom. The van der Waals surface area contributed by atoms with E-state index in [1.807, 2.05) is 13.8 Å². The first-order valence-corrected chi connectivity index (χ1v) is 3.38. The van der Waals surface area contributed by atoms with Gasteiger partial charge in [-0.15, -0.1) is 0 Å². The van der Waals surface area contributed by atoms with Crippen molar-refractivity contribution in [2.45, 2.75) is 32.9 Å². The maximum Gasteiger partial charge on any atom is 0.222 e. The molecule has 1 aliphatic heterocycles. The Hall–Kier alpha value is -0.570. The third kappa shape index (κ3) is 0.904. The van der Waals surface area contributed by atoms with Gasteiger partial charge >= 0.3 is 0 Å². The number of hydrogen-bond donors (Lipinski definition) is 2. The second-order valence-corrected chi connectivity index (χ2v) is 3.68.